The number of carbonyl (C=O) groups is 1. The lowest BCUT2D eigenvalue weighted by Gasteiger charge is -2.30. The molecule has 1 saturated heterocycles. The van der Waals surface area contributed by atoms with Crippen molar-refractivity contribution in [1.82, 2.24) is 14.9 Å². The van der Waals surface area contributed by atoms with Gasteiger partial charge in [0, 0.05) is 30.7 Å². The van der Waals surface area contributed by atoms with Gasteiger partial charge >= 0.3 is 6.09 Å². The number of hydrogen-bond donors (Lipinski definition) is 1. The monoisotopic (exact) mass is 373 g/mol. The number of benzene rings is 1. The largest absolute Gasteiger partial charge is 0.444 e. The molecule has 0 saturated carbocycles. The fourth-order valence-corrected chi connectivity index (χ4v) is 2.58. The number of carbonyl (C=O) groups excluding carboxylic acids is 1. The van der Waals surface area contributed by atoms with Gasteiger partial charge in [0.05, 0.1) is 13.2 Å². The summed E-state index contributed by atoms with van der Waals surface area (Å²) in [4.78, 5) is 25.8. The highest BCUT2D eigenvalue weighted by atomic mass is 19.1. The van der Waals surface area contributed by atoms with Crippen molar-refractivity contribution in [3.05, 3.63) is 47.5 Å². The van der Waals surface area contributed by atoms with Crippen LogP contribution in [0.1, 0.15) is 11.1 Å². The summed E-state index contributed by atoms with van der Waals surface area (Å²) in [6.45, 7) is 2.52. The number of nitrogen functional groups attached to an aromatic ring is 1. The van der Waals surface area contributed by atoms with E-state index < -0.39 is 12.2 Å². The maximum absolute atomic E-state index is 14.0. The Morgan fingerprint density at radius 2 is 2.30 bits per heavy atom. The van der Waals surface area contributed by atoms with E-state index in [4.69, 9.17) is 15.2 Å². The molecule has 1 fully saturated rings. The molecule has 1 amide bonds. The molecule has 27 heavy (non-hydrogen) atoms. The molecule has 142 valence electrons. The number of hydrogen-bond acceptors (Lipinski definition) is 7. The average molecular weight is 373 g/mol. The number of ether oxygens (including phenoxy) is 2. The molecule has 9 heteroatoms. The highest BCUT2D eigenvalue weighted by Crippen LogP contribution is 2.16. The molecule has 8 nitrogen and oxygen atoms in total. The molecule has 2 heterocycles. The van der Waals surface area contributed by atoms with Crippen LogP contribution >= 0.6 is 0 Å². The van der Waals surface area contributed by atoms with Crippen LogP contribution in [0.5, 0.6) is 0 Å². The maximum Gasteiger partial charge on any atom is 0.410 e. The molecule has 0 radical (unpaired) electrons. The van der Waals surface area contributed by atoms with Crippen molar-refractivity contribution in [1.29, 1.82) is 0 Å². The third-order valence-corrected chi connectivity index (χ3v) is 4.04. The van der Waals surface area contributed by atoms with Crippen LogP contribution in [0.4, 0.5) is 20.8 Å². The lowest BCUT2D eigenvalue weighted by molar-refractivity contribution is 0.00312. The van der Waals surface area contributed by atoms with Crippen molar-refractivity contribution >= 4 is 23.9 Å². The van der Waals surface area contributed by atoms with Gasteiger partial charge in [-0.25, -0.2) is 24.1 Å². The molecular weight excluding hydrogens is 353 g/mol. The Kier molecular flexibility index (Phi) is 5.92. The molecule has 1 aromatic heterocycles. The molecule has 2 N–H and O–H groups in total. The fourth-order valence-electron chi connectivity index (χ4n) is 2.58. The van der Waals surface area contributed by atoms with Gasteiger partial charge in [-0.1, -0.05) is 18.2 Å². The molecule has 1 aliphatic rings. The van der Waals surface area contributed by atoms with Gasteiger partial charge in [-0.05, 0) is 12.5 Å². The van der Waals surface area contributed by atoms with E-state index in [1.807, 2.05) is 0 Å². The van der Waals surface area contributed by atoms with Crippen LogP contribution in [0.3, 0.4) is 0 Å². The topological polar surface area (TPSA) is 103 Å². The van der Waals surface area contributed by atoms with Crippen molar-refractivity contribution in [2.45, 2.75) is 19.6 Å². The van der Waals surface area contributed by atoms with Crippen LogP contribution in [0.15, 0.2) is 35.6 Å². The number of nitrogens with two attached hydrogens (primary N) is 1. The minimum absolute atomic E-state index is 0.126. The van der Waals surface area contributed by atoms with Crippen LogP contribution < -0.4 is 5.73 Å². The number of aryl methyl sites for hydroxylation is 1. The van der Waals surface area contributed by atoms with Gasteiger partial charge in [-0.15, -0.1) is 0 Å². The smallest absolute Gasteiger partial charge is 0.410 e. The summed E-state index contributed by atoms with van der Waals surface area (Å²) in [5, 5.41) is 0. The SMILES string of the molecule is Cc1cccc(COC(=O)N2CCO[C@H](C=Nc3nccnc3N)C2)c1F. The zero-order valence-electron chi connectivity index (χ0n) is 14.8. The summed E-state index contributed by atoms with van der Waals surface area (Å²) in [5.41, 5.74) is 6.54. The van der Waals surface area contributed by atoms with Gasteiger partial charge < -0.3 is 20.1 Å². The molecule has 0 aliphatic carbocycles. The predicted molar refractivity (Wildman–Crippen MR) is 97.2 cm³/mol. The first-order chi connectivity index (χ1) is 13.0. The Bertz CT molecular complexity index is 845. The standard InChI is InChI=1S/C18H20FN5O3/c1-12-3-2-4-13(15(12)19)11-27-18(25)24-7-8-26-14(10-24)9-23-17-16(20)21-5-6-22-17/h2-6,9,14H,7-8,10-11H2,1H3,(H2,20,21)/t14-/m1/s1. The number of nitrogens with zero attached hydrogens (tertiary/aromatic N) is 4. The number of morpholine rings is 1. The molecule has 0 bridgehead atoms. The number of aromatic nitrogens is 2. The van der Waals surface area contributed by atoms with Crippen LogP contribution in [0, 0.1) is 12.7 Å². The first kappa shape index (κ1) is 18.7. The van der Waals surface area contributed by atoms with E-state index in [0.29, 0.717) is 24.3 Å². The molecule has 2 aromatic rings. The Labute approximate surface area is 155 Å². The van der Waals surface area contributed by atoms with E-state index in [2.05, 4.69) is 15.0 Å². The van der Waals surface area contributed by atoms with Crippen molar-refractivity contribution in [3.63, 3.8) is 0 Å². The number of rotatable bonds is 4. The number of aliphatic imine (C=N–C) groups is 1. The van der Waals surface area contributed by atoms with Crippen LogP contribution in [0.2, 0.25) is 0 Å². The van der Waals surface area contributed by atoms with E-state index >= 15 is 0 Å². The molecule has 0 unspecified atom stereocenters. The lowest BCUT2D eigenvalue weighted by atomic mass is 10.1. The van der Waals surface area contributed by atoms with Crippen LogP contribution in [0.25, 0.3) is 0 Å². The van der Waals surface area contributed by atoms with Crippen molar-refractivity contribution in [2.24, 2.45) is 4.99 Å². The number of amides is 1. The van der Waals surface area contributed by atoms with Crippen molar-refractivity contribution in [2.75, 3.05) is 25.4 Å². The van der Waals surface area contributed by atoms with Gasteiger partial charge in [-0.2, -0.15) is 0 Å². The second kappa shape index (κ2) is 8.54. The zero-order valence-corrected chi connectivity index (χ0v) is 14.8. The molecule has 1 aromatic carbocycles. The van der Waals surface area contributed by atoms with E-state index in [1.165, 1.54) is 23.5 Å². The molecular formula is C18H20FN5O3. The maximum atomic E-state index is 14.0. The van der Waals surface area contributed by atoms with E-state index in [9.17, 15) is 9.18 Å². The van der Waals surface area contributed by atoms with Gasteiger partial charge in [0.25, 0.3) is 0 Å². The first-order valence-electron chi connectivity index (χ1n) is 8.42. The Hall–Kier alpha value is -3.07. The average Bonchev–Trinajstić information content (AvgIpc) is 2.68. The number of anilines is 1. The molecule has 1 aliphatic heterocycles. The molecule has 3 rings (SSSR count). The quantitative estimate of drug-likeness (QED) is 0.825. The van der Waals surface area contributed by atoms with Gasteiger partial charge in [0.1, 0.15) is 18.5 Å². The number of halogens is 1. The fraction of sp³-hybridized carbons (Fsp3) is 0.333. The second-order valence-corrected chi connectivity index (χ2v) is 6.00. The summed E-state index contributed by atoms with van der Waals surface area (Å²) in [7, 11) is 0. The molecule has 0 spiro atoms. The second-order valence-electron chi connectivity index (χ2n) is 6.00. The third-order valence-electron chi connectivity index (χ3n) is 4.04. The predicted octanol–water partition coefficient (Wildman–Crippen LogP) is 2.25. The van der Waals surface area contributed by atoms with Crippen LogP contribution in [-0.2, 0) is 16.1 Å². The third kappa shape index (κ3) is 4.76. The summed E-state index contributed by atoms with van der Waals surface area (Å²) < 4.78 is 24.8. The minimum atomic E-state index is -0.531. The zero-order chi connectivity index (χ0) is 19.2. The summed E-state index contributed by atoms with van der Waals surface area (Å²) in [6, 6.07) is 4.98. The van der Waals surface area contributed by atoms with Gasteiger partial charge in [-0.3, -0.25) is 0 Å². The van der Waals surface area contributed by atoms with Crippen molar-refractivity contribution < 1.29 is 18.7 Å². The van der Waals surface area contributed by atoms with E-state index in [1.54, 1.807) is 25.1 Å². The Morgan fingerprint density at radius 3 is 3.11 bits per heavy atom. The van der Waals surface area contributed by atoms with E-state index in [-0.39, 0.29) is 30.6 Å². The highest BCUT2D eigenvalue weighted by Gasteiger charge is 2.24. The van der Waals surface area contributed by atoms with E-state index in [0.717, 1.165) is 0 Å². The molecule has 1 atom stereocenters. The normalized spacial score (nSPS) is 17.3. The highest BCUT2D eigenvalue weighted by molar-refractivity contribution is 5.72. The summed E-state index contributed by atoms with van der Waals surface area (Å²) >= 11 is 0. The van der Waals surface area contributed by atoms with Gasteiger partial charge in [0.15, 0.2) is 11.6 Å². The summed E-state index contributed by atoms with van der Waals surface area (Å²) in [5.74, 6) is 0.135. The van der Waals surface area contributed by atoms with Crippen molar-refractivity contribution in [3.8, 4) is 0 Å². The minimum Gasteiger partial charge on any atom is -0.444 e. The summed E-state index contributed by atoms with van der Waals surface area (Å²) in [6.07, 6.45) is 3.53. The Balaban J connectivity index is 1.56. The van der Waals surface area contributed by atoms with Gasteiger partial charge in [0.2, 0.25) is 0 Å². The lowest BCUT2D eigenvalue weighted by Crippen LogP contribution is -2.46. The Morgan fingerprint density at radius 1 is 1.48 bits per heavy atom. The van der Waals surface area contributed by atoms with Crippen LogP contribution in [-0.4, -0.2) is 53.0 Å². The first-order valence-corrected chi connectivity index (χ1v) is 8.42.